The summed E-state index contributed by atoms with van der Waals surface area (Å²) in [6.07, 6.45) is 9.09. The second-order valence-corrected chi connectivity index (χ2v) is 7.60. The largest absolute Gasteiger partial charge is 0.334 e. The van der Waals surface area contributed by atoms with Crippen molar-refractivity contribution in [3.05, 3.63) is 78.4 Å². The number of hydrogen-bond acceptors (Lipinski definition) is 4. The highest BCUT2D eigenvalue weighted by Gasteiger charge is 2.46. The van der Waals surface area contributed by atoms with Gasteiger partial charge in [-0.1, -0.05) is 18.2 Å². The molecule has 0 saturated carbocycles. The molecule has 1 aromatic carbocycles. The summed E-state index contributed by atoms with van der Waals surface area (Å²) in [4.78, 5) is 21.5. The Hall–Kier alpha value is -2.99. The molecule has 0 bridgehead atoms. The SMILES string of the molecule is O=C1C[C@H]2[C@H](CCN2Cc2cccnc2)N1Cc1ccc(-n2cccn2)cc1. The van der Waals surface area contributed by atoms with Gasteiger partial charge in [0.25, 0.3) is 0 Å². The monoisotopic (exact) mass is 373 g/mol. The van der Waals surface area contributed by atoms with E-state index >= 15 is 0 Å². The molecule has 0 aliphatic carbocycles. The molecule has 0 spiro atoms. The third-order valence-electron chi connectivity index (χ3n) is 5.90. The Labute approximate surface area is 164 Å². The standard InChI is InChI=1S/C22H23N5O/c28-22-13-21-20(8-12-25(21)15-18-3-1-9-23-14-18)26(22)16-17-4-6-19(7-5-17)27-11-2-10-24-27/h1-7,9-11,14,20-21H,8,12-13,15-16H2/t20-,21-/m0/s1. The van der Waals surface area contributed by atoms with Crippen LogP contribution in [0.25, 0.3) is 5.69 Å². The van der Waals surface area contributed by atoms with E-state index in [4.69, 9.17) is 0 Å². The topological polar surface area (TPSA) is 54.3 Å². The Kier molecular flexibility index (Phi) is 4.41. The molecule has 6 heteroatoms. The van der Waals surface area contributed by atoms with Crippen LogP contribution in [-0.2, 0) is 17.9 Å². The van der Waals surface area contributed by atoms with Crippen molar-refractivity contribution in [3.63, 3.8) is 0 Å². The van der Waals surface area contributed by atoms with E-state index in [9.17, 15) is 4.79 Å². The van der Waals surface area contributed by atoms with Crippen molar-refractivity contribution in [2.75, 3.05) is 6.54 Å². The lowest BCUT2D eigenvalue weighted by molar-refractivity contribution is -0.129. The summed E-state index contributed by atoms with van der Waals surface area (Å²) in [5, 5.41) is 4.26. The Morgan fingerprint density at radius 2 is 1.86 bits per heavy atom. The molecule has 3 aromatic rings. The fraction of sp³-hybridized carbons (Fsp3) is 0.318. The lowest BCUT2D eigenvalue weighted by Gasteiger charge is -2.25. The van der Waals surface area contributed by atoms with Crippen molar-refractivity contribution in [2.24, 2.45) is 0 Å². The van der Waals surface area contributed by atoms with Crippen LogP contribution >= 0.6 is 0 Å². The Morgan fingerprint density at radius 1 is 0.964 bits per heavy atom. The Balaban J connectivity index is 1.27. The fourth-order valence-electron chi connectivity index (χ4n) is 4.51. The zero-order valence-corrected chi connectivity index (χ0v) is 15.7. The van der Waals surface area contributed by atoms with Crippen LogP contribution in [0.3, 0.4) is 0 Å². The van der Waals surface area contributed by atoms with Crippen LogP contribution in [0.15, 0.2) is 67.3 Å². The number of rotatable bonds is 5. The molecule has 142 valence electrons. The van der Waals surface area contributed by atoms with Gasteiger partial charge in [-0.2, -0.15) is 5.10 Å². The summed E-state index contributed by atoms with van der Waals surface area (Å²) in [6.45, 7) is 2.58. The molecule has 4 heterocycles. The van der Waals surface area contributed by atoms with E-state index in [2.05, 4.69) is 50.2 Å². The van der Waals surface area contributed by atoms with Crippen LogP contribution in [0.5, 0.6) is 0 Å². The minimum atomic E-state index is 0.266. The second-order valence-electron chi connectivity index (χ2n) is 7.60. The molecule has 0 unspecified atom stereocenters. The van der Waals surface area contributed by atoms with E-state index in [0.29, 0.717) is 25.0 Å². The van der Waals surface area contributed by atoms with Gasteiger partial charge in [0.1, 0.15) is 0 Å². The Morgan fingerprint density at radius 3 is 2.61 bits per heavy atom. The van der Waals surface area contributed by atoms with Gasteiger partial charge in [0.15, 0.2) is 0 Å². The van der Waals surface area contributed by atoms with Crippen molar-refractivity contribution in [3.8, 4) is 5.69 Å². The first-order chi connectivity index (χ1) is 13.8. The summed E-state index contributed by atoms with van der Waals surface area (Å²) >= 11 is 0. The first-order valence-electron chi connectivity index (χ1n) is 9.79. The number of fused-ring (bicyclic) bond motifs is 1. The average Bonchev–Trinajstić information content (AvgIpc) is 3.44. The molecule has 6 nitrogen and oxygen atoms in total. The number of likely N-dealkylation sites (tertiary alicyclic amines) is 2. The molecule has 2 saturated heterocycles. The number of benzene rings is 1. The van der Waals surface area contributed by atoms with Gasteiger partial charge >= 0.3 is 0 Å². The van der Waals surface area contributed by atoms with Crippen LogP contribution in [0.4, 0.5) is 0 Å². The first kappa shape index (κ1) is 17.1. The summed E-state index contributed by atoms with van der Waals surface area (Å²) in [5.74, 6) is 0.266. The van der Waals surface area contributed by atoms with Crippen molar-refractivity contribution in [2.45, 2.75) is 38.0 Å². The van der Waals surface area contributed by atoms with E-state index in [0.717, 1.165) is 30.8 Å². The summed E-state index contributed by atoms with van der Waals surface area (Å²) in [5.41, 5.74) is 3.40. The second kappa shape index (κ2) is 7.20. The predicted octanol–water partition coefficient (Wildman–Crippen LogP) is 2.64. The van der Waals surface area contributed by atoms with E-state index in [-0.39, 0.29) is 5.91 Å². The summed E-state index contributed by atoms with van der Waals surface area (Å²) in [7, 11) is 0. The third-order valence-corrected chi connectivity index (χ3v) is 5.90. The zero-order valence-electron chi connectivity index (χ0n) is 15.7. The zero-order chi connectivity index (χ0) is 18.9. The minimum absolute atomic E-state index is 0.266. The van der Waals surface area contributed by atoms with Gasteiger partial charge in [0.05, 0.1) is 5.69 Å². The van der Waals surface area contributed by atoms with Gasteiger partial charge in [-0.25, -0.2) is 4.68 Å². The molecular formula is C22H23N5O. The molecular weight excluding hydrogens is 350 g/mol. The van der Waals surface area contributed by atoms with Gasteiger partial charge in [0.2, 0.25) is 5.91 Å². The number of hydrogen-bond donors (Lipinski definition) is 0. The smallest absolute Gasteiger partial charge is 0.224 e. The molecule has 1 amide bonds. The number of amides is 1. The lowest BCUT2D eigenvalue weighted by atomic mass is 10.1. The molecule has 2 atom stereocenters. The predicted molar refractivity (Wildman–Crippen MR) is 106 cm³/mol. The molecule has 2 aliphatic rings. The highest BCUT2D eigenvalue weighted by molar-refractivity contribution is 5.80. The van der Waals surface area contributed by atoms with E-state index in [1.54, 1.807) is 12.4 Å². The van der Waals surface area contributed by atoms with Crippen molar-refractivity contribution < 1.29 is 4.79 Å². The van der Waals surface area contributed by atoms with E-state index in [1.165, 1.54) is 5.56 Å². The molecule has 5 rings (SSSR count). The normalized spacial score (nSPS) is 22.0. The van der Waals surface area contributed by atoms with Crippen molar-refractivity contribution in [1.29, 1.82) is 0 Å². The lowest BCUT2D eigenvalue weighted by Crippen LogP contribution is -2.36. The number of carbonyl (C=O) groups excluding carboxylic acids is 1. The van der Waals surface area contributed by atoms with Crippen LogP contribution in [-0.4, -0.2) is 49.1 Å². The average molecular weight is 373 g/mol. The van der Waals surface area contributed by atoms with Gasteiger partial charge < -0.3 is 4.90 Å². The maximum absolute atomic E-state index is 12.7. The third kappa shape index (κ3) is 3.20. The minimum Gasteiger partial charge on any atom is -0.334 e. The number of pyridine rings is 1. The van der Waals surface area contributed by atoms with E-state index < -0.39 is 0 Å². The summed E-state index contributed by atoms with van der Waals surface area (Å²) in [6, 6.07) is 14.9. The highest BCUT2D eigenvalue weighted by Crippen LogP contribution is 2.34. The first-order valence-corrected chi connectivity index (χ1v) is 9.79. The van der Waals surface area contributed by atoms with Crippen LogP contribution in [0, 0.1) is 0 Å². The number of aromatic nitrogens is 3. The molecule has 2 fully saturated rings. The van der Waals surface area contributed by atoms with Gasteiger partial charge in [-0.15, -0.1) is 0 Å². The van der Waals surface area contributed by atoms with E-state index in [1.807, 2.05) is 29.2 Å². The van der Waals surface area contributed by atoms with Crippen LogP contribution in [0.2, 0.25) is 0 Å². The molecule has 28 heavy (non-hydrogen) atoms. The van der Waals surface area contributed by atoms with Crippen LogP contribution in [0.1, 0.15) is 24.0 Å². The summed E-state index contributed by atoms with van der Waals surface area (Å²) < 4.78 is 1.84. The maximum Gasteiger partial charge on any atom is 0.224 e. The van der Waals surface area contributed by atoms with Crippen molar-refractivity contribution >= 4 is 5.91 Å². The molecule has 0 radical (unpaired) electrons. The van der Waals surface area contributed by atoms with Gasteiger partial charge in [0, 0.05) is 62.9 Å². The number of carbonyl (C=O) groups is 1. The Bertz CT molecular complexity index is 939. The van der Waals surface area contributed by atoms with Gasteiger partial charge in [-0.05, 0) is 41.8 Å². The molecule has 2 aromatic heterocycles. The molecule has 2 aliphatic heterocycles. The highest BCUT2D eigenvalue weighted by atomic mass is 16.2. The van der Waals surface area contributed by atoms with Gasteiger partial charge in [-0.3, -0.25) is 14.7 Å². The quantitative estimate of drug-likeness (QED) is 0.690. The number of nitrogens with zero attached hydrogens (tertiary/aromatic N) is 5. The maximum atomic E-state index is 12.7. The fourth-order valence-corrected chi connectivity index (χ4v) is 4.51. The van der Waals surface area contributed by atoms with Crippen LogP contribution < -0.4 is 0 Å². The van der Waals surface area contributed by atoms with Crippen molar-refractivity contribution in [1.82, 2.24) is 24.6 Å². The molecule has 0 N–H and O–H groups in total.